The van der Waals surface area contributed by atoms with Gasteiger partial charge in [-0.2, -0.15) is 11.8 Å². The molecule has 0 amide bonds. The largest absolute Gasteiger partial charge is 0.307 e. The lowest BCUT2D eigenvalue weighted by Gasteiger charge is -2.13. The van der Waals surface area contributed by atoms with E-state index in [2.05, 4.69) is 38.0 Å². The molecule has 1 unspecified atom stereocenters. The zero-order chi connectivity index (χ0) is 12.0. The molecule has 0 fully saturated rings. The molecule has 1 aromatic heterocycles. The number of nitrogens with one attached hydrogen (secondary N) is 1. The summed E-state index contributed by atoms with van der Waals surface area (Å²) in [5.74, 6) is 3.23. The number of thiazole rings is 1. The molecule has 0 aliphatic heterocycles. The van der Waals surface area contributed by atoms with E-state index in [1.54, 1.807) is 11.3 Å². The molecule has 4 heteroatoms. The van der Waals surface area contributed by atoms with Crippen LogP contribution < -0.4 is 5.32 Å². The highest BCUT2D eigenvalue weighted by molar-refractivity contribution is 7.99. The molecule has 1 atom stereocenters. The standard InChI is InChI=1S/C12H22N2S2/c1-9(2)7-15-8-10(3)13-6-12-14-5-11(4)16-12/h5,9-10,13H,6-8H2,1-4H3. The van der Waals surface area contributed by atoms with E-state index in [1.165, 1.54) is 21.4 Å². The summed E-state index contributed by atoms with van der Waals surface area (Å²) < 4.78 is 0. The SMILES string of the molecule is Cc1cnc(CNC(C)CSCC(C)C)s1. The van der Waals surface area contributed by atoms with Crippen LogP contribution in [0.3, 0.4) is 0 Å². The normalized spacial score (nSPS) is 13.3. The van der Waals surface area contributed by atoms with Gasteiger partial charge in [-0.05, 0) is 25.5 Å². The number of rotatable bonds is 7. The van der Waals surface area contributed by atoms with Crippen LogP contribution >= 0.6 is 23.1 Å². The zero-order valence-corrected chi connectivity index (χ0v) is 12.3. The first-order chi connectivity index (χ1) is 7.58. The minimum atomic E-state index is 0.563. The van der Waals surface area contributed by atoms with Gasteiger partial charge in [-0.1, -0.05) is 13.8 Å². The Labute approximate surface area is 107 Å². The molecule has 1 aromatic rings. The van der Waals surface area contributed by atoms with Crippen molar-refractivity contribution in [1.82, 2.24) is 10.3 Å². The molecule has 0 aliphatic carbocycles. The number of nitrogens with zero attached hydrogens (tertiary/aromatic N) is 1. The van der Waals surface area contributed by atoms with Gasteiger partial charge in [0.25, 0.3) is 0 Å². The van der Waals surface area contributed by atoms with Crippen LogP contribution in [0.2, 0.25) is 0 Å². The minimum Gasteiger partial charge on any atom is -0.307 e. The molecule has 92 valence electrons. The van der Waals surface area contributed by atoms with Crippen LogP contribution in [0.1, 0.15) is 30.7 Å². The van der Waals surface area contributed by atoms with E-state index < -0.39 is 0 Å². The first-order valence-electron chi connectivity index (χ1n) is 5.80. The molecule has 0 bridgehead atoms. The third-order valence-corrected chi connectivity index (χ3v) is 4.64. The van der Waals surface area contributed by atoms with E-state index in [0.717, 1.165) is 12.5 Å². The molecule has 0 radical (unpaired) electrons. The summed E-state index contributed by atoms with van der Waals surface area (Å²) in [5.41, 5.74) is 0. The van der Waals surface area contributed by atoms with Crippen molar-refractivity contribution in [2.75, 3.05) is 11.5 Å². The number of aryl methyl sites for hydroxylation is 1. The monoisotopic (exact) mass is 258 g/mol. The summed E-state index contributed by atoms with van der Waals surface area (Å²) in [6, 6.07) is 0.563. The average Bonchev–Trinajstić information content (AvgIpc) is 2.61. The summed E-state index contributed by atoms with van der Waals surface area (Å²) in [6.45, 7) is 9.78. The van der Waals surface area contributed by atoms with E-state index in [9.17, 15) is 0 Å². The Morgan fingerprint density at radius 1 is 1.38 bits per heavy atom. The second kappa shape index (κ2) is 7.30. The fourth-order valence-corrected chi connectivity index (χ4v) is 3.10. The summed E-state index contributed by atoms with van der Waals surface area (Å²) in [6.07, 6.45) is 1.94. The summed E-state index contributed by atoms with van der Waals surface area (Å²) in [7, 11) is 0. The molecule has 1 heterocycles. The Kier molecular flexibility index (Phi) is 6.39. The van der Waals surface area contributed by atoms with Crippen LogP contribution in [0.4, 0.5) is 0 Å². The Balaban J connectivity index is 2.12. The molecular weight excluding hydrogens is 236 g/mol. The molecule has 0 aromatic carbocycles. The molecule has 0 aliphatic rings. The van der Waals surface area contributed by atoms with Crippen molar-refractivity contribution in [1.29, 1.82) is 0 Å². The van der Waals surface area contributed by atoms with E-state index in [0.29, 0.717) is 6.04 Å². The maximum absolute atomic E-state index is 4.35. The quantitative estimate of drug-likeness (QED) is 0.812. The van der Waals surface area contributed by atoms with Crippen LogP contribution in [-0.2, 0) is 6.54 Å². The van der Waals surface area contributed by atoms with Gasteiger partial charge in [0.1, 0.15) is 5.01 Å². The van der Waals surface area contributed by atoms with Crippen molar-refractivity contribution in [2.24, 2.45) is 5.92 Å². The highest BCUT2D eigenvalue weighted by Gasteiger charge is 2.04. The maximum Gasteiger partial charge on any atom is 0.107 e. The van der Waals surface area contributed by atoms with Crippen molar-refractivity contribution < 1.29 is 0 Å². The van der Waals surface area contributed by atoms with Crippen molar-refractivity contribution in [3.8, 4) is 0 Å². The van der Waals surface area contributed by atoms with Crippen LogP contribution in [0.15, 0.2) is 6.20 Å². The van der Waals surface area contributed by atoms with Crippen LogP contribution in [0.5, 0.6) is 0 Å². The highest BCUT2D eigenvalue weighted by Crippen LogP contribution is 2.12. The lowest BCUT2D eigenvalue weighted by Crippen LogP contribution is -2.27. The van der Waals surface area contributed by atoms with Gasteiger partial charge in [-0.25, -0.2) is 4.98 Å². The zero-order valence-electron chi connectivity index (χ0n) is 10.6. The minimum absolute atomic E-state index is 0.563. The second-order valence-corrected chi connectivity index (χ2v) is 6.97. The maximum atomic E-state index is 4.35. The van der Waals surface area contributed by atoms with Gasteiger partial charge in [-0.3, -0.25) is 0 Å². The first-order valence-corrected chi connectivity index (χ1v) is 7.77. The third-order valence-electron chi connectivity index (χ3n) is 2.09. The van der Waals surface area contributed by atoms with Crippen molar-refractivity contribution in [2.45, 2.75) is 40.3 Å². The topological polar surface area (TPSA) is 24.9 Å². The molecule has 0 saturated carbocycles. The third kappa shape index (κ3) is 5.87. The fourth-order valence-electron chi connectivity index (χ4n) is 1.28. The number of hydrogen-bond acceptors (Lipinski definition) is 4. The van der Waals surface area contributed by atoms with E-state index in [4.69, 9.17) is 0 Å². The average molecular weight is 258 g/mol. The van der Waals surface area contributed by atoms with Gasteiger partial charge >= 0.3 is 0 Å². The van der Waals surface area contributed by atoms with E-state index in [1.807, 2.05) is 18.0 Å². The van der Waals surface area contributed by atoms with Crippen LogP contribution in [-0.4, -0.2) is 22.5 Å². The molecule has 0 spiro atoms. The van der Waals surface area contributed by atoms with E-state index in [-0.39, 0.29) is 0 Å². The molecule has 1 N–H and O–H groups in total. The van der Waals surface area contributed by atoms with Gasteiger partial charge in [-0.15, -0.1) is 11.3 Å². The summed E-state index contributed by atoms with van der Waals surface area (Å²) in [4.78, 5) is 5.64. The van der Waals surface area contributed by atoms with Gasteiger partial charge in [0.2, 0.25) is 0 Å². The lowest BCUT2D eigenvalue weighted by atomic mass is 10.3. The molecule has 2 nitrogen and oxygen atoms in total. The Bertz CT molecular complexity index is 297. The molecular formula is C12H22N2S2. The summed E-state index contributed by atoms with van der Waals surface area (Å²) in [5, 5.41) is 4.71. The van der Waals surface area contributed by atoms with Crippen LogP contribution in [0, 0.1) is 12.8 Å². The van der Waals surface area contributed by atoms with Crippen LogP contribution in [0.25, 0.3) is 0 Å². The summed E-state index contributed by atoms with van der Waals surface area (Å²) >= 11 is 3.81. The van der Waals surface area contributed by atoms with Crippen molar-refractivity contribution >= 4 is 23.1 Å². The Morgan fingerprint density at radius 3 is 2.69 bits per heavy atom. The molecule has 1 rings (SSSR count). The molecule has 16 heavy (non-hydrogen) atoms. The Hall–Kier alpha value is -0.0600. The second-order valence-electron chi connectivity index (χ2n) is 4.58. The van der Waals surface area contributed by atoms with Crippen molar-refractivity contribution in [3.05, 3.63) is 16.1 Å². The lowest BCUT2D eigenvalue weighted by molar-refractivity contribution is 0.593. The van der Waals surface area contributed by atoms with Gasteiger partial charge in [0.15, 0.2) is 0 Å². The van der Waals surface area contributed by atoms with Gasteiger partial charge in [0.05, 0.1) is 0 Å². The predicted octanol–water partition coefficient (Wildman–Crippen LogP) is 3.32. The van der Waals surface area contributed by atoms with Crippen molar-refractivity contribution in [3.63, 3.8) is 0 Å². The first kappa shape index (κ1) is 14.0. The number of thioether (sulfide) groups is 1. The Morgan fingerprint density at radius 2 is 2.12 bits per heavy atom. The van der Waals surface area contributed by atoms with E-state index >= 15 is 0 Å². The highest BCUT2D eigenvalue weighted by atomic mass is 32.2. The predicted molar refractivity (Wildman–Crippen MR) is 75.3 cm³/mol. The number of aromatic nitrogens is 1. The molecule has 0 saturated heterocycles. The number of hydrogen-bond donors (Lipinski definition) is 1. The smallest absolute Gasteiger partial charge is 0.107 e. The fraction of sp³-hybridized carbons (Fsp3) is 0.750. The van der Waals surface area contributed by atoms with Gasteiger partial charge < -0.3 is 5.32 Å². The van der Waals surface area contributed by atoms with Gasteiger partial charge in [0, 0.05) is 29.4 Å².